The molecule has 1 atom stereocenters. The highest BCUT2D eigenvalue weighted by Crippen LogP contribution is 2.43. The number of furan rings is 1. The van der Waals surface area contributed by atoms with Gasteiger partial charge in [-0.05, 0) is 74.1 Å². The summed E-state index contributed by atoms with van der Waals surface area (Å²) in [6.07, 6.45) is 3.94. The van der Waals surface area contributed by atoms with Crippen molar-refractivity contribution >= 4 is 23.1 Å². The van der Waals surface area contributed by atoms with Crippen LogP contribution < -0.4 is 4.90 Å². The van der Waals surface area contributed by atoms with Crippen LogP contribution in [-0.2, 0) is 22.4 Å². The molecule has 33 heavy (non-hydrogen) atoms. The summed E-state index contributed by atoms with van der Waals surface area (Å²) < 4.78 is 34.3. The van der Waals surface area contributed by atoms with Crippen molar-refractivity contribution in [2.75, 3.05) is 4.90 Å². The van der Waals surface area contributed by atoms with Gasteiger partial charge >= 0.3 is 0 Å². The number of hydrogen-bond donors (Lipinski definition) is 1. The number of ketones is 1. The normalized spacial score (nSPS) is 19.7. The smallest absolute Gasteiger partial charge is 0.300 e. The molecule has 2 aliphatic rings. The second-order valence-corrected chi connectivity index (χ2v) is 8.40. The molecule has 7 heteroatoms. The first-order chi connectivity index (χ1) is 15.8. The Morgan fingerprint density at radius 3 is 2.48 bits per heavy atom. The van der Waals surface area contributed by atoms with Gasteiger partial charge in [0.25, 0.3) is 11.7 Å². The minimum absolute atomic E-state index is 0.162. The first kappa shape index (κ1) is 21.1. The van der Waals surface area contributed by atoms with Gasteiger partial charge in [0.05, 0.1) is 11.3 Å². The van der Waals surface area contributed by atoms with Gasteiger partial charge in [-0.2, -0.15) is 0 Å². The van der Waals surface area contributed by atoms with Crippen LogP contribution in [-0.4, -0.2) is 16.8 Å². The maximum atomic E-state index is 14.7. The van der Waals surface area contributed by atoms with E-state index in [-0.39, 0.29) is 17.1 Å². The first-order valence-corrected chi connectivity index (χ1v) is 10.8. The van der Waals surface area contributed by atoms with Crippen LogP contribution in [0.5, 0.6) is 0 Å². The molecule has 1 unspecified atom stereocenters. The summed E-state index contributed by atoms with van der Waals surface area (Å²) in [6, 6.07) is 10.1. The quantitative estimate of drug-likeness (QED) is 0.332. The predicted molar refractivity (Wildman–Crippen MR) is 118 cm³/mol. The molecular formula is C26H21F2NO4. The van der Waals surface area contributed by atoms with E-state index in [1.54, 1.807) is 25.1 Å². The van der Waals surface area contributed by atoms with Crippen molar-refractivity contribution in [1.29, 1.82) is 0 Å². The fourth-order valence-electron chi connectivity index (χ4n) is 4.66. The van der Waals surface area contributed by atoms with E-state index in [0.717, 1.165) is 54.3 Å². The highest BCUT2D eigenvalue weighted by Gasteiger charge is 2.49. The molecule has 5 nitrogen and oxygen atoms in total. The maximum absolute atomic E-state index is 14.7. The summed E-state index contributed by atoms with van der Waals surface area (Å²) >= 11 is 0. The van der Waals surface area contributed by atoms with Crippen LogP contribution in [0, 0.1) is 18.6 Å². The largest absolute Gasteiger partial charge is 0.507 e. The van der Waals surface area contributed by atoms with Crippen molar-refractivity contribution in [2.45, 2.75) is 38.6 Å². The number of carbonyl (C=O) groups is 2. The second kappa shape index (κ2) is 7.99. The number of aliphatic hydroxyl groups is 1. The van der Waals surface area contributed by atoms with Gasteiger partial charge in [0, 0.05) is 11.6 Å². The molecule has 5 rings (SSSR count). The average molecular weight is 449 g/mol. The summed E-state index contributed by atoms with van der Waals surface area (Å²) in [5.74, 6) is -3.41. The van der Waals surface area contributed by atoms with Gasteiger partial charge in [-0.25, -0.2) is 8.78 Å². The number of rotatable bonds is 3. The Morgan fingerprint density at radius 1 is 1.00 bits per heavy atom. The van der Waals surface area contributed by atoms with Crippen LogP contribution in [0.1, 0.15) is 47.1 Å². The number of fused-ring (bicyclic) bond motifs is 1. The minimum Gasteiger partial charge on any atom is -0.507 e. The average Bonchev–Trinajstić information content (AvgIpc) is 3.35. The molecule has 168 valence electrons. The maximum Gasteiger partial charge on any atom is 0.300 e. The Labute approximate surface area is 188 Å². The number of nitrogens with zero attached hydrogens (tertiary/aromatic N) is 1. The zero-order valence-electron chi connectivity index (χ0n) is 17.9. The molecule has 0 radical (unpaired) electrons. The fraction of sp³-hybridized carbons (Fsp3) is 0.231. The zero-order chi connectivity index (χ0) is 23.3. The van der Waals surface area contributed by atoms with Crippen molar-refractivity contribution in [2.24, 2.45) is 0 Å². The number of carbonyl (C=O) groups excluding carboxylic acids is 2. The van der Waals surface area contributed by atoms with Gasteiger partial charge in [-0.3, -0.25) is 14.5 Å². The van der Waals surface area contributed by atoms with Crippen LogP contribution in [0.25, 0.3) is 5.76 Å². The van der Waals surface area contributed by atoms with E-state index < -0.39 is 35.1 Å². The van der Waals surface area contributed by atoms with E-state index >= 15 is 0 Å². The number of Topliss-reactive ketones (excluding diaryl/α,β-unsaturated/α-hetero) is 1. The molecule has 2 heterocycles. The van der Waals surface area contributed by atoms with Crippen molar-refractivity contribution in [1.82, 2.24) is 0 Å². The molecule has 3 aromatic rings. The molecule has 1 amide bonds. The number of amides is 1. The standard InChI is InChI=1S/C26H21F2NO4/c1-14-6-11-21(33-14)23-22(24(30)17-8-7-15-4-2-3-5-16(15)12-17)25(31)26(32)29(23)20-13-18(27)9-10-19(20)28/h6-13,23,30H,2-5H2,1H3/b24-22-. The van der Waals surface area contributed by atoms with Gasteiger partial charge in [0.2, 0.25) is 0 Å². The molecule has 2 aromatic carbocycles. The van der Waals surface area contributed by atoms with Gasteiger partial charge in [0.1, 0.15) is 35.0 Å². The predicted octanol–water partition coefficient (Wildman–Crippen LogP) is 5.37. The Balaban J connectivity index is 1.71. The Bertz CT molecular complexity index is 1320. The summed E-state index contributed by atoms with van der Waals surface area (Å²) in [7, 11) is 0. The molecule has 1 aliphatic heterocycles. The van der Waals surface area contributed by atoms with Crippen molar-refractivity contribution in [3.63, 3.8) is 0 Å². The third-order valence-electron chi connectivity index (χ3n) is 6.26. The molecule has 1 saturated heterocycles. The SMILES string of the molecule is Cc1ccc(C2/C(=C(/O)c3ccc4c(c3)CCCC4)C(=O)C(=O)N2c2cc(F)ccc2F)o1. The summed E-state index contributed by atoms with van der Waals surface area (Å²) in [5, 5.41) is 11.2. The van der Waals surface area contributed by atoms with Gasteiger partial charge < -0.3 is 9.52 Å². The molecule has 0 saturated carbocycles. The summed E-state index contributed by atoms with van der Waals surface area (Å²) in [5.41, 5.74) is 2.04. The van der Waals surface area contributed by atoms with Crippen molar-refractivity contribution in [3.8, 4) is 0 Å². The van der Waals surface area contributed by atoms with Crippen molar-refractivity contribution in [3.05, 3.63) is 93.9 Å². The third kappa shape index (κ3) is 3.53. The number of benzene rings is 2. The number of aliphatic hydroxyl groups excluding tert-OH is 1. The number of aryl methyl sites for hydroxylation is 3. The highest BCUT2D eigenvalue weighted by molar-refractivity contribution is 6.51. The van der Waals surface area contributed by atoms with Crippen LogP contribution in [0.15, 0.2) is 58.5 Å². The van der Waals surface area contributed by atoms with Gasteiger partial charge in [-0.1, -0.05) is 12.1 Å². The molecule has 1 N–H and O–H groups in total. The van der Waals surface area contributed by atoms with Crippen LogP contribution in [0.2, 0.25) is 0 Å². The fourth-order valence-corrected chi connectivity index (χ4v) is 4.66. The lowest BCUT2D eigenvalue weighted by molar-refractivity contribution is -0.132. The monoisotopic (exact) mass is 449 g/mol. The first-order valence-electron chi connectivity index (χ1n) is 10.8. The molecule has 0 bridgehead atoms. The zero-order valence-corrected chi connectivity index (χ0v) is 17.9. The molecule has 0 spiro atoms. The molecule has 1 fully saturated rings. The summed E-state index contributed by atoms with van der Waals surface area (Å²) in [4.78, 5) is 27.0. The number of anilines is 1. The number of hydrogen-bond acceptors (Lipinski definition) is 4. The second-order valence-electron chi connectivity index (χ2n) is 8.40. The van der Waals surface area contributed by atoms with E-state index in [0.29, 0.717) is 11.3 Å². The lowest BCUT2D eigenvalue weighted by Crippen LogP contribution is -2.30. The topological polar surface area (TPSA) is 70.8 Å². The number of halogens is 2. The van der Waals surface area contributed by atoms with E-state index in [9.17, 15) is 23.5 Å². The van der Waals surface area contributed by atoms with E-state index in [1.807, 2.05) is 12.1 Å². The van der Waals surface area contributed by atoms with Crippen LogP contribution in [0.3, 0.4) is 0 Å². The lowest BCUT2D eigenvalue weighted by atomic mass is 9.89. The molecular weight excluding hydrogens is 428 g/mol. The Kier molecular flexibility index (Phi) is 5.12. The molecule has 1 aromatic heterocycles. The van der Waals surface area contributed by atoms with E-state index in [1.165, 1.54) is 5.56 Å². The van der Waals surface area contributed by atoms with E-state index in [4.69, 9.17) is 4.42 Å². The van der Waals surface area contributed by atoms with Gasteiger partial charge in [-0.15, -0.1) is 0 Å². The highest BCUT2D eigenvalue weighted by atomic mass is 19.1. The minimum atomic E-state index is -1.24. The van der Waals surface area contributed by atoms with Crippen LogP contribution in [0.4, 0.5) is 14.5 Å². The lowest BCUT2D eigenvalue weighted by Gasteiger charge is -2.24. The van der Waals surface area contributed by atoms with Crippen LogP contribution >= 0.6 is 0 Å². The third-order valence-corrected chi connectivity index (χ3v) is 6.26. The van der Waals surface area contributed by atoms with E-state index in [2.05, 4.69) is 0 Å². The Morgan fingerprint density at radius 2 is 1.76 bits per heavy atom. The van der Waals surface area contributed by atoms with Crippen molar-refractivity contribution < 1.29 is 27.9 Å². The summed E-state index contributed by atoms with van der Waals surface area (Å²) in [6.45, 7) is 1.68. The Hall–Kier alpha value is -3.74. The molecule has 1 aliphatic carbocycles. The van der Waals surface area contributed by atoms with Gasteiger partial charge in [0.15, 0.2) is 0 Å².